The number of allylic oxidation sites excluding steroid dienone is 4. The van der Waals surface area contributed by atoms with Crippen molar-refractivity contribution in [3.05, 3.63) is 23.8 Å². The summed E-state index contributed by atoms with van der Waals surface area (Å²) in [7, 11) is 0. The van der Waals surface area contributed by atoms with Gasteiger partial charge in [0.05, 0.1) is 6.10 Å². The molecule has 1 heteroatoms. The van der Waals surface area contributed by atoms with Gasteiger partial charge in [-0.15, -0.1) is 0 Å². The van der Waals surface area contributed by atoms with Gasteiger partial charge in [-0.2, -0.15) is 0 Å². The van der Waals surface area contributed by atoms with Gasteiger partial charge in [-0.3, -0.25) is 0 Å². The van der Waals surface area contributed by atoms with E-state index in [0.29, 0.717) is 28.6 Å². The van der Waals surface area contributed by atoms with E-state index in [2.05, 4.69) is 59.8 Å². The molecule has 1 N–H and O–H groups in total. The number of aliphatic hydroxyl groups excluding tert-OH is 1. The van der Waals surface area contributed by atoms with E-state index in [1.54, 1.807) is 0 Å². The molecule has 29 heavy (non-hydrogen) atoms. The summed E-state index contributed by atoms with van der Waals surface area (Å²) < 4.78 is 0. The highest BCUT2D eigenvalue weighted by Gasteiger charge is 2.57. The molecule has 0 aliphatic heterocycles. The van der Waals surface area contributed by atoms with E-state index in [1.807, 2.05) is 5.57 Å². The molecule has 9 atom stereocenters. The molecular formula is C28H46O. The summed E-state index contributed by atoms with van der Waals surface area (Å²) in [5.41, 5.74) is 2.79. The summed E-state index contributed by atoms with van der Waals surface area (Å²) in [5, 5.41) is 10.2. The van der Waals surface area contributed by atoms with Gasteiger partial charge in [0.25, 0.3) is 0 Å². The molecule has 0 amide bonds. The molecule has 0 radical (unpaired) electrons. The van der Waals surface area contributed by atoms with Gasteiger partial charge in [0, 0.05) is 0 Å². The maximum atomic E-state index is 10.2. The lowest BCUT2D eigenvalue weighted by Crippen LogP contribution is -2.49. The molecule has 0 aromatic rings. The molecule has 3 fully saturated rings. The SMILES string of the molecule is CC(C)[C@H](C)C=C[C@@H](C)[C@H]1CC[C@H]2C3=CC[C@@H]4C[C@@H](O)CC[C@]4(C)[C@H]3CC[C@]12C. The Labute approximate surface area is 180 Å². The Morgan fingerprint density at radius 3 is 2.34 bits per heavy atom. The smallest absolute Gasteiger partial charge is 0.0543 e. The Morgan fingerprint density at radius 2 is 1.62 bits per heavy atom. The predicted molar refractivity (Wildman–Crippen MR) is 124 cm³/mol. The van der Waals surface area contributed by atoms with Gasteiger partial charge in [0.1, 0.15) is 0 Å². The highest BCUT2D eigenvalue weighted by atomic mass is 16.3. The van der Waals surface area contributed by atoms with Gasteiger partial charge in [-0.25, -0.2) is 0 Å². The van der Waals surface area contributed by atoms with Crippen LogP contribution in [0.3, 0.4) is 0 Å². The maximum absolute atomic E-state index is 10.2. The zero-order valence-electron chi connectivity index (χ0n) is 20.0. The van der Waals surface area contributed by atoms with Crippen LogP contribution in [0.25, 0.3) is 0 Å². The summed E-state index contributed by atoms with van der Waals surface area (Å²) in [6, 6.07) is 0. The Balaban J connectivity index is 1.54. The lowest BCUT2D eigenvalue weighted by atomic mass is 9.47. The van der Waals surface area contributed by atoms with Crippen LogP contribution in [0, 0.1) is 52.3 Å². The van der Waals surface area contributed by atoms with Crippen molar-refractivity contribution in [1.82, 2.24) is 0 Å². The summed E-state index contributed by atoms with van der Waals surface area (Å²) in [6.07, 6.45) is 17.8. The van der Waals surface area contributed by atoms with E-state index in [-0.39, 0.29) is 6.10 Å². The number of fused-ring (bicyclic) bond motifs is 5. The van der Waals surface area contributed by atoms with E-state index in [1.165, 1.54) is 38.5 Å². The molecule has 164 valence electrons. The molecule has 0 unspecified atom stereocenters. The first-order valence-corrected chi connectivity index (χ1v) is 12.7. The fraction of sp³-hybridized carbons (Fsp3) is 0.857. The van der Waals surface area contributed by atoms with Crippen molar-refractivity contribution in [2.24, 2.45) is 52.3 Å². The summed E-state index contributed by atoms with van der Waals surface area (Å²) >= 11 is 0. The molecule has 0 saturated heterocycles. The van der Waals surface area contributed by atoms with Crippen LogP contribution in [0.15, 0.2) is 23.8 Å². The van der Waals surface area contributed by atoms with Crippen LogP contribution >= 0.6 is 0 Å². The minimum absolute atomic E-state index is 0.0476. The standard InChI is InChI=1S/C28H46O/c1-18(2)19(3)7-8-20(4)24-11-12-25-23-10-9-21-17-22(29)13-15-27(21,5)26(23)14-16-28(24,25)6/h7-8,10,18-22,24-26,29H,9,11-17H2,1-6H3/t19-,20-,21-,22+,24-,25+,26+,27+,28-/m1/s1. The highest BCUT2D eigenvalue weighted by molar-refractivity contribution is 5.28. The van der Waals surface area contributed by atoms with E-state index in [4.69, 9.17) is 0 Å². The van der Waals surface area contributed by atoms with Gasteiger partial charge in [0.15, 0.2) is 0 Å². The Morgan fingerprint density at radius 1 is 0.931 bits per heavy atom. The van der Waals surface area contributed by atoms with E-state index >= 15 is 0 Å². The van der Waals surface area contributed by atoms with Crippen LogP contribution < -0.4 is 0 Å². The fourth-order valence-electron chi connectivity index (χ4n) is 8.10. The van der Waals surface area contributed by atoms with Crippen LogP contribution in [-0.2, 0) is 0 Å². The third-order valence-electron chi connectivity index (χ3n) is 10.5. The summed E-state index contributed by atoms with van der Waals surface area (Å²) in [6.45, 7) is 14.7. The van der Waals surface area contributed by atoms with E-state index < -0.39 is 0 Å². The highest BCUT2D eigenvalue weighted by Crippen LogP contribution is 2.66. The molecule has 0 aromatic carbocycles. The van der Waals surface area contributed by atoms with Crippen molar-refractivity contribution in [2.75, 3.05) is 0 Å². The Hall–Kier alpha value is -0.560. The van der Waals surface area contributed by atoms with Crippen molar-refractivity contribution in [2.45, 2.75) is 99.0 Å². The topological polar surface area (TPSA) is 20.2 Å². The quantitative estimate of drug-likeness (QED) is 0.489. The fourth-order valence-corrected chi connectivity index (χ4v) is 8.10. The molecule has 4 aliphatic rings. The number of rotatable bonds is 4. The largest absolute Gasteiger partial charge is 0.393 e. The lowest BCUT2D eigenvalue weighted by Gasteiger charge is -2.57. The first-order chi connectivity index (χ1) is 13.7. The van der Waals surface area contributed by atoms with Gasteiger partial charge >= 0.3 is 0 Å². The molecule has 1 nitrogen and oxygen atoms in total. The van der Waals surface area contributed by atoms with Crippen LogP contribution in [-0.4, -0.2) is 11.2 Å². The molecular weight excluding hydrogens is 352 g/mol. The minimum Gasteiger partial charge on any atom is -0.393 e. The Kier molecular flexibility index (Phi) is 5.86. The molecule has 4 aliphatic carbocycles. The second-order valence-electron chi connectivity index (χ2n) is 12.3. The van der Waals surface area contributed by atoms with E-state index in [9.17, 15) is 5.11 Å². The van der Waals surface area contributed by atoms with E-state index in [0.717, 1.165) is 36.5 Å². The average Bonchev–Trinajstić information content (AvgIpc) is 3.03. The van der Waals surface area contributed by atoms with Crippen molar-refractivity contribution >= 4 is 0 Å². The molecule has 0 aromatic heterocycles. The number of hydrogen-bond acceptors (Lipinski definition) is 1. The number of hydrogen-bond donors (Lipinski definition) is 1. The molecule has 0 bridgehead atoms. The Bertz CT molecular complexity index is 659. The molecule has 0 heterocycles. The van der Waals surface area contributed by atoms with Crippen LogP contribution in [0.5, 0.6) is 0 Å². The minimum atomic E-state index is -0.0476. The van der Waals surface area contributed by atoms with Crippen LogP contribution in [0.2, 0.25) is 0 Å². The van der Waals surface area contributed by atoms with Gasteiger partial charge in [-0.05, 0) is 104 Å². The third kappa shape index (κ3) is 3.58. The van der Waals surface area contributed by atoms with Crippen molar-refractivity contribution < 1.29 is 5.11 Å². The second-order valence-corrected chi connectivity index (χ2v) is 12.3. The zero-order valence-corrected chi connectivity index (χ0v) is 20.0. The third-order valence-corrected chi connectivity index (χ3v) is 10.5. The summed E-state index contributed by atoms with van der Waals surface area (Å²) in [4.78, 5) is 0. The van der Waals surface area contributed by atoms with Gasteiger partial charge < -0.3 is 5.11 Å². The molecule has 4 rings (SSSR count). The lowest BCUT2D eigenvalue weighted by molar-refractivity contribution is -0.0414. The first kappa shape index (κ1) is 21.7. The van der Waals surface area contributed by atoms with Crippen LogP contribution in [0.1, 0.15) is 92.9 Å². The van der Waals surface area contributed by atoms with Crippen molar-refractivity contribution in [3.63, 3.8) is 0 Å². The second kappa shape index (κ2) is 7.85. The summed E-state index contributed by atoms with van der Waals surface area (Å²) in [5.74, 6) is 5.25. The molecule has 0 spiro atoms. The average molecular weight is 399 g/mol. The number of aliphatic hydroxyl groups is 1. The molecule has 3 saturated carbocycles. The van der Waals surface area contributed by atoms with Crippen molar-refractivity contribution in [1.29, 1.82) is 0 Å². The first-order valence-electron chi connectivity index (χ1n) is 12.7. The van der Waals surface area contributed by atoms with Crippen molar-refractivity contribution in [3.8, 4) is 0 Å². The van der Waals surface area contributed by atoms with Gasteiger partial charge in [-0.1, -0.05) is 65.3 Å². The van der Waals surface area contributed by atoms with Gasteiger partial charge in [0.2, 0.25) is 0 Å². The predicted octanol–water partition coefficient (Wildman–Crippen LogP) is 7.41. The maximum Gasteiger partial charge on any atom is 0.0543 e. The normalized spacial score (nSPS) is 46.8. The zero-order chi connectivity index (χ0) is 21.0. The monoisotopic (exact) mass is 398 g/mol. The van der Waals surface area contributed by atoms with Crippen LogP contribution in [0.4, 0.5) is 0 Å².